The SMILES string of the molecule is CC(C)CN1C(=O)CN(c2ccc(S(=O)(=O)N(C)C)cc2O)C1=O. The Kier molecular flexibility index (Phi) is 4.86. The molecule has 1 saturated heterocycles. The molecular weight excluding hydrogens is 334 g/mol. The lowest BCUT2D eigenvalue weighted by molar-refractivity contribution is -0.125. The quantitative estimate of drug-likeness (QED) is 0.797. The predicted octanol–water partition coefficient (Wildman–Crippen LogP) is 1.07. The zero-order chi connectivity index (χ0) is 18.2. The van der Waals surface area contributed by atoms with E-state index < -0.39 is 16.1 Å². The molecule has 2 rings (SSSR count). The van der Waals surface area contributed by atoms with E-state index in [1.165, 1.54) is 26.2 Å². The normalized spacial score (nSPS) is 15.9. The molecule has 0 aliphatic carbocycles. The van der Waals surface area contributed by atoms with Crippen molar-refractivity contribution in [3.63, 3.8) is 0 Å². The summed E-state index contributed by atoms with van der Waals surface area (Å²) in [6, 6.07) is 3.18. The van der Waals surface area contributed by atoms with Gasteiger partial charge in [-0.15, -0.1) is 0 Å². The largest absolute Gasteiger partial charge is 0.506 e. The van der Waals surface area contributed by atoms with Crippen molar-refractivity contribution in [1.29, 1.82) is 0 Å². The highest BCUT2D eigenvalue weighted by Crippen LogP contribution is 2.33. The number of urea groups is 1. The molecule has 0 atom stereocenters. The molecule has 0 spiro atoms. The molecule has 1 heterocycles. The Morgan fingerprint density at radius 3 is 2.38 bits per heavy atom. The van der Waals surface area contributed by atoms with E-state index in [1.54, 1.807) is 0 Å². The van der Waals surface area contributed by atoms with Gasteiger partial charge in [0.05, 0.1) is 10.6 Å². The number of phenols is 1. The lowest BCUT2D eigenvalue weighted by Gasteiger charge is -2.20. The third kappa shape index (κ3) is 3.22. The van der Waals surface area contributed by atoms with Gasteiger partial charge in [0.25, 0.3) is 5.91 Å². The molecule has 1 aromatic carbocycles. The van der Waals surface area contributed by atoms with Crippen LogP contribution in [-0.2, 0) is 14.8 Å². The average Bonchev–Trinajstić information content (AvgIpc) is 2.74. The van der Waals surface area contributed by atoms with Gasteiger partial charge in [0.1, 0.15) is 12.3 Å². The van der Waals surface area contributed by atoms with Crippen LogP contribution in [0.4, 0.5) is 10.5 Å². The van der Waals surface area contributed by atoms with Gasteiger partial charge in [-0.1, -0.05) is 13.8 Å². The van der Waals surface area contributed by atoms with Crippen LogP contribution < -0.4 is 4.90 Å². The van der Waals surface area contributed by atoms with Crippen LogP contribution in [-0.4, -0.2) is 61.9 Å². The minimum atomic E-state index is -3.70. The molecule has 1 aromatic rings. The molecule has 132 valence electrons. The van der Waals surface area contributed by atoms with Crippen LogP contribution in [0.2, 0.25) is 0 Å². The van der Waals surface area contributed by atoms with Crippen LogP contribution in [0.3, 0.4) is 0 Å². The number of hydrogen-bond donors (Lipinski definition) is 1. The third-order valence-corrected chi connectivity index (χ3v) is 5.43. The molecule has 0 radical (unpaired) electrons. The van der Waals surface area contributed by atoms with Crippen LogP contribution in [0.1, 0.15) is 13.8 Å². The smallest absolute Gasteiger partial charge is 0.331 e. The number of hydrogen-bond acceptors (Lipinski definition) is 5. The Hall–Kier alpha value is -2.13. The maximum Gasteiger partial charge on any atom is 0.331 e. The number of rotatable bonds is 5. The first-order valence-corrected chi connectivity index (χ1v) is 8.87. The molecular formula is C15H21N3O5S. The van der Waals surface area contributed by atoms with Crippen molar-refractivity contribution < 1.29 is 23.1 Å². The summed E-state index contributed by atoms with van der Waals surface area (Å²) >= 11 is 0. The summed E-state index contributed by atoms with van der Waals surface area (Å²) in [6.45, 7) is 3.89. The number of sulfonamides is 1. The Balaban J connectivity index is 2.35. The minimum Gasteiger partial charge on any atom is -0.506 e. The zero-order valence-electron chi connectivity index (χ0n) is 14.1. The van der Waals surface area contributed by atoms with Crippen molar-refractivity contribution in [2.45, 2.75) is 18.7 Å². The Morgan fingerprint density at radius 2 is 1.88 bits per heavy atom. The number of anilines is 1. The fraction of sp³-hybridized carbons (Fsp3) is 0.467. The number of phenolic OH excluding ortho intramolecular Hbond substituents is 1. The van der Waals surface area contributed by atoms with E-state index in [2.05, 4.69) is 0 Å². The van der Waals surface area contributed by atoms with Gasteiger partial charge < -0.3 is 5.11 Å². The molecule has 8 nitrogen and oxygen atoms in total. The Morgan fingerprint density at radius 1 is 1.25 bits per heavy atom. The zero-order valence-corrected chi connectivity index (χ0v) is 14.9. The number of nitrogens with zero attached hydrogens (tertiary/aromatic N) is 3. The van der Waals surface area contributed by atoms with Gasteiger partial charge >= 0.3 is 6.03 Å². The highest BCUT2D eigenvalue weighted by atomic mass is 32.2. The Labute approximate surface area is 141 Å². The molecule has 1 aliphatic heterocycles. The van der Waals surface area contributed by atoms with E-state index in [-0.39, 0.29) is 34.7 Å². The van der Waals surface area contributed by atoms with Crippen LogP contribution >= 0.6 is 0 Å². The van der Waals surface area contributed by atoms with Gasteiger partial charge in [0.2, 0.25) is 10.0 Å². The van der Waals surface area contributed by atoms with Gasteiger partial charge in [-0.3, -0.25) is 14.6 Å². The number of benzene rings is 1. The lowest BCUT2D eigenvalue weighted by atomic mass is 10.2. The van der Waals surface area contributed by atoms with E-state index in [9.17, 15) is 23.1 Å². The monoisotopic (exact) mass is 355 g/mol. The fourth-order valence-corrected chi connectivity index (χ4v) is 3.30. The van der Waals surface area contributed by atoms with Gasteiger partial charge in [-0.05, 0) is 18.1 Å². The summed E-state index contributed by atoms with van der Waals surface area (Å²) in [5.74, 6) is -0.595. The van der Waals surface area contributed by atoms with Gasteiger partial charge in [-0.25, -0.2) is 17.5 Å². The molecule has 9 heteroatoms. The number of amides is 3. The van der Waals surface area contributed by atoms with Gasteiger partial charge in [-0.2, -0.15) is 0 Å². The van der Waals surface area contributed by atoms with E-state index in [0.717, 1.165) is 20.2 Å². The predicted molar refractivity (Wildman–Crippen MR) is 88.3 cm³/mol. The summed E-state index contributed by atoms with van der Waals surface area (Å²) in [5.41, 5.74) is 0.109. The van der Waals surface area contributed by atoms with E-state index in [4.69, 9.17) is 0 Å². The number of imide groups is 1. The van der Waals surface area contributed by atoms with Crippen molar-refractivity contribution >= 4 is 27.6 Å². The number of carbonyl (C=O) groups is 2. The van der Waals surface area contributed by atoms with Crippen LogP contribution in [0, 0.1) is 5.92 Å². The maximum absolute atomic E-state index is 12.4. The van der Waals surface area contributed by atoms with Gasteiger partial charge in [0, 0.05) is 26.7 Å². The van der Waals surface area contributed by atoms with E-state index in [1.807, 2.05) is 13.8 Å². The van der Waals surface area contributed by atoms with E-state index in [0.29, 0.717) is 6.54 Å². The molecule has 24 heavy (non-hydrogen) atoms. The molecule has 0 aromatic heterocycles. The summed E-state index contributed by atoms with van der Waals surface area (Å²) < 4.78 is 25.2. The second kappa shape index (κ2) is 6.40. The van der Waals surface area contributed by atoms with Crippen molar-refractivity contribution in [3.8, 4) is 5.75 Å². The molecule has 0 unspecified atom stereocenters. The minimum absolute atomic E-state index is 0.0919. The summed E-state index contributed by atoms with van der Waals surface area (Å²) in [6.07, 6.45) is 0. The highest BCUT2D eigenvalue weighted by Gasteiger charge is 2.38. The molecule has 0 saturated carbocycles. The molecule has 0 bridgehead atoms. The van der Waals surface area contributed by atoms with Crippen LogP contribution in [0.5, 0.6) is 5.75 Å². The summed E-state index contributed by atoms with van der Waals surface area (Å²) in [7, 11) is -0.935. The first-order chi connectivity index (χ1) is 11.1. The first kappa shape index (κ1) is 18.2. The maximum atomic E-state index is 12.4. The van der Waals surface area contributed by atoms with Crippen LogP contribution in [0.25, 0.3) is 0 Å². The number of carbonyl (C=O) groups excluding carboxylic acids is 2. The second-order valence-electron chi connectivity index (χ2n) is 6.20. The van der Waals surface area contributed by atoms with Crippen molar-refractivity contribution in [2.75, 3.05) is 32.1 Å². The van der Waals surface area contributed by atoms with Crippen molar-refractivity contribution in [2.24, 2.45) is 5.92 Å². The van der Waals surface area contributed by atoms with Crippen molar-refractivity contribution in [1.82, 2.24) is 9.21 Å². The summed E-state index contributed by atoms with van der Waals surface area (Å²) in [4.78, 5) is 26.6. The molecule has 3 amide bonds. The number of aromatic hydroxyl groups is 1. The standard InChI is InChI=1S/C15H21N3O5S/c1-10(2)8-18-14(20)9-17(15(18)21)12-6-5-11(7-13(12)19)24(22,23)16(3)4/h5-7,10,19H,8-9H2,1-4H3. The Bertz CT molecular complexity index is 773. The first-order valence-electron chi connectivity index (χ1n) is 7.43. The average molecular weight is 355 g/mol. The molecule has 1 aliphatic rings. The van der Waals surface area contributed by atoms with E-state index >= 15 is 0 Å². The topological polar surface area (TPSA) is 98.2 Å². The second-order valence-corrected chi connectivity index (χ2v) is 8.36. The molecule has 1 N–H and O–H groups in total. The lowest BCUT2D eigenvalue weighted by Crippen LogP contribution is -2.35. The highest BCUT2D eigenvalue weighted by molar-refractivity contribution is 7.89. The third-order valence-electron chi connectivity index (χ3n) is 3.62. The fourth-order valence-electron chi connectivity index (χ4n) is 2.38. The van der Waals surface area contributed by atoms with Crippen LogP contribution in [0.15, 0.2) is 23.1 Å². The van der Waals surface area contributed by atoms with Gasteiger partial charge in [0.15, 0.2) is 0 Å². The molecule has 1 fully saturated rings. The summed E-state index contributed by atoms with van der Waals surface area (Å²) in [5, 5.41) is 10.2. The van der Waals surface area contributed by atoms with Crippen molar-refractivity contribution in [3.05, 3.63) is 18.2 Å².